The number of aryl methyl sites for hydroxylation is 2. The summed E-state index contributed by atoms with van der Waals surface area (Å²) in [6.07, 6.45) is 0.949. The molecule has 1 fully saturated rings. The molecule has 1 amide bonds. The summed E-state index contributed by atoms with van der Waals surface area (Å²) in [4.78, 5) is 12.0. The lowest BCUT2D eigenvalue weighted by molar-refractivity contribution is -0.120. The van der Waals surface area contributed by atoms with Gasteiger partial charge in [0.1, 0.15) is 0 Å². The highest BCUT2D eigenvalue weighted by molar-refractivity contribution is 5.91. The molecule has 1 aromatic heterocycles. The predicted molar refractivity (Wildman–Crippen MR) is 66.7 cm³/mol. The van der Waals surface area contributed by atoms with Gasteiger partial charge in [-0.15, -0.1) is 0 Å². The zero-order chi connectivity index (χ0) is 12.4. The van der Waals surface area contributed by atoms with E-state index in [0.717, 1.165) is 25.2 Å². The van der Waals surface area contributed by atoms with Gasteiger partial charge in [0, 0.05) is 25.4 Å². The monoisotopic (exact) mass is 236 g/mol. The topological polar surface area (TPSA) is 59.0 Å². The van der Waals surface area contributed by atoms with Crippen LogP contribution in [0.25, 0.3) is 0 Å². The van der Waals surface area contributed by atoms with Crippen molar-refractivity contribution in [2.45, 2.75) is 20.3 Å². The summed E-state index contributed by atoms with van der Waals surface area (Å²) < 4.78 is 1.76. The third kappa shape index (κ3) is 2.85. The molecule has 2 heterocycles. The van der Waals surface area contributed by atoms with Crippen LogP contribution in [0.2, 0.25) is 0 Å². The lowest BCUT2D eigenvalue weighted by atomic mass is 9.91. The largest absolute Gasteiger partial charge is 0.316 e. The molecular weight excluding hydrogens is 216 g/mol. The van der Waals surface area contributed by atoms with Crippen molar-refractivity contribution in [3.05, 3.63) is 11.8 Å². The van der Waals surface area contributed by atoms with Crippen LogP contribution >= 0.6 is 0 Å². The SMILES string of the molecule is Cc1cc(NC(=O)C2CNCC(C)C2)nn1C. The van der Waals surface area contributed by atoms with E-state index >= 15 is 0 Å². The minimum Gasteiger partial charge on any atom is -0.316 e. The van der Waals surface area contributed by atoms with Gasteiger partial charge in [0.05, 0.1) is 5.92 Å². The second-order valence-electron chi connectivity index (χ2n) is 4.98. The van der Waals surface area contributed by atoms with Gasteiger partial charge < -0.3 is 10.6 Å². The van der Waals surface area contributed by atoms with E-state index < -0.39 is 0 Å². The fraction of sp³-hybridized carbons (Fsp3) is 0.667. The van der Waals surface area contributed by atoms with Crippen molar-refractivity contribution >= 4 is 11.7 Å². The van der Waals surface area contributed by atoms with Gasteiger partial charge in [-0.1, -0.05) is 6.92 Å². The van der Waals surface area contributed by atoms with Crippen LogP contribution in [0.3, 0.4) is 0 Å². The second kappa shape index (κ2) is 4.87. The summed E-state index contributed by atoms with van der Waals surface area (Å²) in [6.45, 7) is 5.90. The molecule has 5 nitrogen and oxygen atoms in total. The van der Waals surface area contributed by atoms with E-state index in [1.54, 1.807) is 4.68 Å². The third-order valence-corrected chi connectivity index (χ3v) is 3.31. The van der Waals surface area contributed by atoms with Crippen molar-refractivity contribution in [3.8, 4) is 0 Å². The smallest absolute Gasteiger partial charge is 0.229 e. The van der Waals surface area contributed by atoms with Crippen molar-refractivity contribution in [3.63, 3.8) is 0 Å². The first kappa shape index (κ1) is 12.1. The molecule has 5 heteroatoms. The van der Waals surface area contributed by atoms with Crippen molar-refractivity contribution < 1.29 is 4.79 Å². The lowest BCUT2D eigenvalue weighted by Crippen LogP contribution is -2.40. The van der Waals surface area contributed by atoms with E-state index in [1.807, 2.05) is 20.0 Å². The number of hydrogen-bond donors (Lipinski definition) is 2. The van der Waals surface area contributed by atoms with Gasteiger partial charge >= 0.3 is 0 Å². The molecule has 0 spiro atoms. The Bertz CT molecular complexity index is 393. The lowest BCUT2D eigenvalue weighted by Gasteiger charge is -2.26. The van der Waals surface area contributed by atoms with Crippen molar-refractivity contribution in [1.82, 2.24) is 15.1 Å². The van der Waals surface area contributed by atoms with Gasteiger partial charge in [0.25, 0.3) is 0 Å². The first-order chi connectivity index (χ1) is 8.06. The van der Waals surface area contributed by atoms with Crippen molar-refractivity contribution in [2.24, 2.45) is 18.9 Å². The van der Waals surface area contributed by atoms with E-state index in [4.69, 9.17) is 0 Å². The summed E-state index contributed by atoms with van der Waals surface area (Å²) in [7, 11) is 1.87. The van der Waals surface area contributed by atoms with Gasteiger partial charge in [-0.05, 0) is 25.8 Å². The normalized spacial score (nSPS) is 24.6. The summed E-state index contributed by atoms with van der Waals surface area (Å²) in [5.74, 6) is 1.33. The maximum absolute atomic E-state index is 12.0. The first-order valence-electron chi connectivity index (χ1n) is 6.08. The Hall–Kier alpha value is -1.36. The Morgan fingerprint density at radius 3 is 2.94 bits per heavy atom. The zero-order valence-electron chi connectivity index (χ0n) is 10.7. The molecule has 0 radical (unpaired) electrons. The number of anilines is 1. The van der Waals surface area contributed by atoms with Crippen LogP contribution < -0.4 is 10.6 Å². The quantitative estimate of drug-likeness (QED) is 0.802. The van der Waals surface area contributed by atoms with E-state index in [9.17, 15) is 4.79 Å². The molecule has 2 N–H and O–H groups in total. The van der Waals surface area contributed by atoms with Crippen LogP contribution in [0.1, 0.15) is 19.0 Å². The highest BCUT2D eigenvalue weighted by Crippen LogP contribution is 2.17. The van der Waals surface area contributed by atoms with Gasteiger partial charge in [-0.3, -0.25) is 9.48 Å². The molecule has 2 atom stereocenters. The number of piperidine rings is 1. The molecule has 0 bridgehead atoms. The Morgan fingerprint density at radius 1 is 1.59 bits per heavy atom. The van der Waals surface area contributed by atoms with Crippen LogP contribution in [0.5, 0.6) is 0 Å². The molecular formula is C12H20N4O. The highest BCUT2D eigenvalue weighted by atomic mass is 16.2. The molecule has 94 valence electrons. The standard InChI is InChI=1S/C12H20N4O/c1-8-4-10(7-13-6-8)12(17)14-11-5-9(2)16(3)15-11/h5,8,10,13H,4,6-7H2,1-3H3,(H,14,15,17). The molecule has 1 aliphatic heterocycles. The highest BCUT2D eigenvalue weighted by Gasteiger charge is 2.25. The van der Waals surface area contributed by atoms with Gasteiger partial charge in [-0.2, -0.15) is 5.10 Å². The third-order valence-electron chi connectivity index (χ3n) is 3.31. The fourth-order valence-electron chi connectivity index (χ4n) is 2.21. The number of nitrogens with zero attached hydrogens (tertiary/aromatic N) is 2. The number of hydrogen-bond acceptors (Lipinski definition) is 3. The number of rotatable bonds is 2. The molecule has 1 saturated heterocycles. The first-order valence-corrected chi connectivity index (χ1v) is 6.08. The number of amides is 1. The second-order valence-corrected chi connectivity index (χ2v) is 4.98. The molecule has 0 aromatic carbocycles. The summed E-state index contributed by atoms with van der Waals surface area (Å²) in [6, 6.07) is 1.89. The summed E-state index contributed by atoms with van der Waals surface area (Å²) in [5, 5.41) is 10.4. The van der Waals surface area contributed by atoms with Crippen LogP contribution in [-0.4, -0.2) is 28.8 Å². The molecule has 1 aromatic rings. The van der Waals surface area contributed by atoms with E-state index in [2.05, 4.69) is 22.7 Å². The molecule has 0 aliphatic carbocycles. The number of nitrogens with one attached hydrogen (secondary N) is 2. The summed E-state index contributed by atoms with van der Waals surface area (Å²) >= 11 is 0. The molecule has 2 rings (SSSR count). The Labute approximate surface area is 102 Å². The Balaban J connectivity index is 1.96. The Morgan fingerprint density at radius 2 is 2.35 bits per heavy atom. The van der Waals surface area contributed by atoms with Crippen LogP contribution in [0, 0.1) is 18.8 Å². The van der Waals surface area contributed by atoms with Crippen molar-refractivity contribution in [2.75, 3.05) is 18.4 Å². The number of aromatic nitrogens is 2. The molecule has 0 saturated carbocycles. The predicted octanol–water partition coefficient (Wildman–Crippen LogP) is 0.913. The fourth-order valence-corrected chi connectivity index (χ4v) is 2.21. The van der Waals surface area contributed by atoms with E-state index in [0.29, 0.717) is 11.7 Å². The zero-order valence-corrected chi connectivity index (χ0v) is 10.7. The average molecular weight is 236 g/mol. The average Bonchev–Trinajstić information content (AvgIpc) is 2.58. The summed E-state index contributed by atoms with van der Waals surface area (Å²) in [5.41, 5.74) is 1.04. The van der Waals surface area contributed by atoms with Crippen LogP contribution in [0.15, 0.2) is 6.07 Å². The van der Waals surface area contributed by atoms with Crippen LogP contribution in [0.4, 0.5) is 5.82 Å². The minimum absolute atomic E-state index is 0.0565. The van der Waals surface area contributed by atoms with E-state index in [1.165, 1.54) is 0 Å². The van der Waals surface area contributed by atoms with Crippen LogP contribution in [-0.2, 0) is 11.8 Å². The maximum Gasteiger partial charge on any atom is 0.229 e. The Kier molecular flexibility index (Phi) is 3.47. The van der Waals surface area contributed by atoms with Gasteiger partial charge in [-0.25, -0.2) is 0 Å². The van der Waals surface area contributed by atoms with E-state index in [-0.39, 0.29) is 11.8 Å². The number of carbonyl (C=O) groups is 1. The maximum atomic E-state index is 12.0. The number of carbonyl (C=O) groups excluding carboxylic acids is 1. The minimum atomic E-state index is 0.0565. The van der Waals surface area contributed by atoms with Gasteiger partial charge in [0.15, 0.2) is 5.82 Å². The molecule has 17 heavy (non-hydrogen) atoms. The molecule has 1 aliphatic rings. The molecule has 2 unspecified atom stereocenters. The van der Waals surface area contributed by atoms with Crippen molar-refractivity contribution in [1.29, 1.82) is 0 Å². The van der Waals surface area contributed by atoms with Gasteiger partial charge in [0.2, 0.25) is 5.91 Å².